The van der Waals surface area contributed by atoms with E-state index in [4.69, 9.17) is 20.6 Å². The summed E-state index contributed by atoms with van der Waals surface area (Å²) in [5.74, 6) is 0.903. The number of carboxylic acids is 1. The van der Waals surface area contributed by atoms with E-state index in [0.29, 0.717) is 29.2 Å². The molecule has 0 unspecified atom stereocenters. The maximum Gasteiger partial charge on any atom is 0.328 e. The molecule has 0 spiro atoms. The number of aliphatic carboxylic acids is 1. The average Bonchev–Trinajstić information content (AvgIpc) is 2.72. The molecule has 5 rings (SSSR count). The Hall–Kier alpha value is -3.22. The van der Waals surface area contributed by atoms with Crippen LogP contribution in [-0.4, -0.2) is 32.4 Å². The molecule has 2 heterocycles. The van der Waals surface area contributed by atoms with E-state index in [1.165, 1.54) is 23.5 Å². The summed E-state index contributed by atoms with van der Waals surface area (Å²) in [6.07, 6.45) is 7.62. The van der Waals surface area contributed by atoms with Crippen molar-refractivity contribution in [1.29, 1.82) is 0 Å². The summed E-state index contributed by atoms with van der Waals surface area (Å²) in [5.41, 5.74) is 11.5. The van der Waals surface area contributed by atoms with E-state index in [0.717, 1.165) is 49.0 Å². The summed E-state index contributed by atoms with van der Waals surface area (Å²) in [5, 5.41) is 9.08. The van der Waals surface area contributed by atoms with E-state index < -0.39 is 11.6 Å². The van der Waals surface area contributed by atoms with Crippen molar-refractivity contribution in [3.8, 4) is 5.88 Å². The summed E-state index contributed by atoms with van der Waals surface area (Å²) in [4.78, 5) is 24.1. The predicted molar refractivity (Wildman–Crippen MR) is 118 cm³/mol. The van der Waals surface area contributed by atoms with Gasteiger partial charge < -0.3 is 15.6 Å². The van der Waals surface area contributed by atoms with Gasteiger partial charge in [-0.2, -0.15) is 4.98 Å². The lowest BCUT2D eigenvalue weighted by molar-refractivity contribution is -0.131. The van der Waals surface area contributed by atoms with E-state index >= 15 is 0 Å². The Morgan fingerprint density at radius 2 is 2.10 bits per heavy atom. The van der Waals surface area contributed by atoms with Gasteiger partial charge in [0.1, 0.15) is 11.9 Å². The summed E-state index contributed by atoms with van der Waals surface area (Å²) in [6.45, 7) is 3.97. The van der Waals surface area contributed by atoms with Gasteiger partial charge in [0, 0.05) is 11.6 Å². The normalized spacial score (nSPS) is 25.0. The fraction of sp³-hybridized carbons (Fsp3) is 0.417. The van der Waals surface area contributed by atoms with E-state index in [1.807, 2.05) is 13.8 Å². The summed E-state index contributed by atoms with van der Waals surface area (Å²) in [6, 6.07) is 6.59. The number of benzene rings is 1. The third kappa shape index (κ3) is 3.48. The fourth-order valence-electron chi connectivity index (χ4n) is 5.35. The number of nitrogens with two attached hydrogens (primary N) is 1. The third-order valence-corrected chi connectivity index (χ3v) is 6.76. The molecule has 3 N–H and O–H groups in total. The number of rotatable bonds is 2. The Morgan fingerprint density at radius 3 is 2.90 bits per heavy atom. The number of fused-ring (bicyclic) bond motifs is 4. The Kier molecular flexibility index (Phi) is 4.57. The quantitative estimate of drug-likeness (QED) is 0.708. The number of hydrogen-bond donors (Lipinski definition) is 2. The highest BCUT2D eigenvalue weighted by atomic mass is 16.5. The van der Waals surface area contributed by atoms with Crippen LogP contribution in [-0.2, 0) is 11.2 Å². The molecular weight excluding hydrogens is 392 g/mol. The highest BCUT2D eigenvalue weighted by Crippen LogP contribution is 2.47. The summed E-state index contributed by atoms with van der Waals surface area (Å²) >= 11 is 0. The zero-order valence-corrected chi connectivity index (χ0v) is 17.8. The van der Waals surface area contributed by atoms with Gasteiger partial charge in [0.25, 0.3) is 0 Å². The van der Waals surface area contributed by atoms with Crippen molar-refractivity contribution in [2.24, 2.45) is 10.9 Å². The van der Waals surface area contributed by atoms with Crippen molar-refractivity contribution in [2.75, 3.05) is 5.73 Å². The van der Waals surface area contributed by atoms with Gasteiger partial charge in [0.2, 0.25) is 5.88 Å². The lowest BCUT2D eigenvalue weighted by Crippen LogP contribution is -2.41. The lowest BCUT2D eigenvalue weighted by Gasteiger charge is -2.39. The molecule has 1 aliphatic heterocycles. The monoisotopic (exact) mass is 418 g/mol. The number of ether oxygens (including phenoxy) is 1. The molecular formula is C24H26N4O3. The largest absolute Gasteiger partial charge is 0.478 e. The molecule has 7 nitrogen and oxygen atoms in total. The molecule has 2 aliphatic carbocycles. The van der Waals surface area contributed by atoms with Crippen LogP contribution in [0.4, 0.5) is 11.5 Å². The number of carboxylic acid groups (broad SMARTS) is 1. The molecule has 2 atom stereocenters. The van der Waals surface area contributed by atoms with Crippen molar-refractivity contribution in [2.45, 2.75) is 57.5 Å². The molecule has 3 aliphatic rings. The van der Waals surface area contributed by atoms with Gasteiger partial charge in [0.05, 0.1) is 5.71 Å². The first-order valence-electron chi connectivity index (χ1n) is 10.8. The Labute approximate surface area is 181 Å². The summed E-state index contributed by atoms with van der Waals surface area (Å²) < 4.78 is 6.12. The number of aliphatic imine (C=N–C) groups is 1. The maximum absolute atomic E-state index is 11.1. The molecule has 1 fully saturated rings. The van der Waals surface area contributed by atoms with Crippen LogP contribution in [0.3, 0.4) is 0 Å². The fourth-order valence-corrected chi connectivity index (χ4v) is 5.35. The van der Waals surface area contributed by atoms with Crippen LogP contribution in [0.25, 0.3) is 0 Å². The molecule has 31 heavy (non-hydrogen) atoms. The van der Waals surface area contributed by atoms with Crippen LogP contribution in [0.15, 0.2) is 41.2 Å². The molecule has 7 heteroatoms. The third-order valence-electron chi connectivity index (χ3n) is 6.76. The minimum atomic E-state index is -0.833. The highest BCUT2D eigenvalue weighted by Gasteiger charge is 2.37. The van der Waals surface area contributed by atoms with Gasteiger partial charge in [-0.3, -0.25) is 0 Å². The van der Waals surface area contributed by atoms with E-state index in [1.54, 1.807) is 0 Å². The van der Waals surface area contributed by atoms with Gasteiger partial charge in [-0.15, -0.1) is 0 Å². The van der Waals surface area contributed by atoms with Crippen molar-refractivity contribution >= 4 is 23.2 Å². The number of nitrogen functional groups attached to an aromatic ring is 1. The minimum absolute atomic E-state index is 0.311. The Bertz CT molecular complexity index is 1140. The number of aromatic nitrogens is 2. The van der Waals surface area contributed by atoms with Gasteiger partial charge in [0.15, 0.2) is 11.5 Å². The molecule has 0 saturated heterocycles. The molecule has 0 bridgehead atoms. The number of hydrogen-bond acceptors (Lipinski definition) is 6. The van der Waals surface area contributed by atoms with Gasteiger partial charge >= 0.3 is 5.97 Å². The van der Waals surface area contributed by atoms with Crippen LogP contribution < -0.4 is 10.5 Å². The molecule has 1 saturated carbocycles. The topological polar surface area (TPSA) is 111 Å². The number of allylic oxidation sites excluding steroid dienone is 1. The second-order valence-corrected chi connectivity index (χ2v) is 9.19. The second kappa shape index (κ2) is 7.18. The second-order valence-electron chi connectivity index (χ2n) is 9.19. The smallest absolute Gasteiger partial charge is 0.328 e. The van der Waals surface area contributed by atoms with Crippen LogP contribution in [0.2, 0.25) is 0 Å². The van der Waals surface area contributed by atoms with E-state index in [-0.39, 0.29) is 0 Å². The molecule has 160 valence electrons. The van der Waals surface area contributed by atoms with Crippen molar-refractivity contribution in [3.63, 3.8) is 0 Å². The first-order chi connectivity index (χ1) is 14.8. The first-order valence-corrected chi connectivity index (χ1v) is 10.8. The van der Waals surface area contributed by atoms with Crippen LogP contribution in [0, 0.1) is 5.92 Å². The van der Waals surface area contributed by atoms with Gasteiger partial charge in [-0.05, 0) is 75.0 Å². The van der Waals surface area contributed by atoms with Crippen LogP contribution >= 0.6 is 0 Å². The van der Waals surface area contributed by atoms with E-state index in [2.05, 4.69) is 28.2 Å². The number of nitrogens with zero attached hydrogens (tertiary/aromatic N) is 3. The average molecular weight is 418 g/mol. The number of carbonyl (C=O) groups is 1. The van der Waals surface area contributed by atoms with E-state index in [9.17, 15) is 4.79 Å². The van der Waals surface area contributed by atoms with Crippen molar-refractivity contribution in [1.82, 2.24) is 9.97 Å². The standard InChI is InChI=1S/C24H26N4O3/c1-24(2)21(28-20-22(25)26-12-27-23(20)31-24)16-6-8-18-15(11-16)5-4-14-9-13(10-19(29)30)3-7-17(14)18/h6,8,10-12,14,17H,3-5,7,9H2,1-2H3,(H,29,30)(H2,25,26,27)/t14-,17+/m1/s1. The van der Waals surface area contributed by atoms with Crippen molar-refractivity contribution < 1.29 is 14.6 Å². The zero-order valence-electron chi connectivity index (χ0n) is 17.8. The molecule has 0 amide bonds. The summed E-state index contributed by atoms with van der Waals surface area (Å²) in [7, 11) is 0. The highest BCUT2D eigenvalue weighted by molar-refractivity contribution is 6.09. The van der Waals surface area contributed by atoms with Gasteiger partial charge in [-0.25, -0.2) is 14.8 Å². The number of aryl methyl sites for hydroxylation is 1. The number of anilines is 1. The molecule has 1 aromatic carbocycles. The zero-order chi connectivity index (χ0) is 21.8. The minimum Gasteiger partial charge on any atom is -0.478 e. The Morgan fingerprint density at radius 1 is 1.26 bits per heavy atom. The molecule has 2 aromatic rings. The first kappa shape index (κ1) is 19.7. The predicted octanol–water partition coefficient (Wildman–Crippen LogP) is 4.19. The SMILES string of the molecule is CC1(C)Oc2ncnc(N)c2N=C1c1ccc2c(c1)CC[C@@H]1CC(=CC(=O)O)CC[C@H]21. The van der Waals surface area contributed by atoms with Gasteiger partial charge in [-0.1, -0.05) is 17.7 Å². The molecule has 1 aromatic heterocycles. The Balaban J connectivity index is 1.48. The maximum atomic E-state index is 11.1. The van der Waals surface area contributed by atoms with Crippen LogP contribution in [0.1, 0.15) is 62.1 Å². The van der Waals surface area contributed by atoms with Crippen LogP contribution in [0.5, 0.6) is 5.88 Å². The molecule has 0 radical (unpaired) electrons. The lowest BCUT2D eigenvalue weighted by atomic mass is 9.66. The van der Waals surface area contributed by atoms with Crippen molar-refractivity contribution in [3.05, 3.63) is 52.9 Å².